The summed E-state index contributed by atoms with van der Waals surface area (Å²) in [7, 11) is 2.22. The molecule has 0 bridgehead atoms. The van der Waals surface area contributed by atoms with E-state index in [-0.39, 0.29) is 11.9 Å². The highest BCUT2D eigenvalue weighted by Crippen LogP contribution is 2.47. The third kappa shape index (κ3) is 5.21. The first kappa shape index (κ1) is 23.3. The molecule has 0 spiro atoms. The Balaban J connectivity index is 1.76. The number of carbonyl (C=O) groups excluding carboxylic acids is 1. The first-order valence-corrected chi connectivity index (χ1v) is 12.1. The van der Waals surface area contributed by atoms with Crippen LogP contribution in [0.1, 0.15) is 36.5 Å². The van der Waals surface area contributed by atoms with Gasteiger partial charge >= 0.3 is 6.03 Å². The van der Waals surface area contributed by atoms with E-state index in [1.807, 2.05) is 43.3 Å². The largest absolute Gasteiger partial charge is 0.323 e. The normalized spacial score (nSPS) is 19.3. The van der Waals surface area contributed by atoms with Crippen molar-refractivity contribution in [2.24, 2.45) is 5.92 Å². The highest BCUT2D eigenvalue weighted by molar-refractivity contribution is 9.10. The number of amides is 2. The van der Waals surface area contributed by atoms with E-state index in [2.05, 4.69) is 90.1 Å². The summed E-state index contributed by atoms with van der Waals surface area (Å²) in [4.78, 5) is 13.0. The number of rotatable bonds is 5. The van der Waals surface area contributed by atoms with Gasteiger partial charge in [-0.25, -0.2) is 4.79 Å². The predicted octanol–water partition coefficient (Wildman–Crippen LogP) is 7.65. The van der Waals surface area contributed by atoms with E-state index in [9.17, 15) is 4.79 Å². The van der Waals surface area contributed by atoms with Crippen molar-refractivity contribution in [3.63, 3.8) is 0 Å². The van der Waals surface area contributed by atoms with Crippen LogP contribution in [0.3, 0.4) is 0 Å². The molecular formula is C28H31BrN3O+. The summed E-state index contributed by atoms with van der Waals surface area (Å²) in [6, 6.07) is 22.3. The molecule has 0 saturated heterocycles. The van der Waals surface area contributed by atoms with Crippen molar-refractivity contribution in [3.05, 3.63) is 100 Å². The van der Waals surface area contributed by atoms with Gasteiger partial charge in [0.05, 0.1) is 19.8 Å². The third-order valence-corrected chi connectivity index (χ3v) is 6.48. The van der Waals surface area contributed by atoms with Gasteiger partial charge in [-0.05, 0) is 42.8 Å². The molecule has 2 atom stereocenters. The smallest absolute Gasteiger partial charge is 0.308 e. The molecule has 4 rings (SSSR count). The number of nitrogens with zero attached hydrogens (tertiary/aromatic N) is 1. The van der Waals surface area contributed by atoms with Crippen molar-refractivity contribution in [2.75, 3.05) is 24.2 Å². The number of nitrogens with one attached hydrogen (secondary N) is 2. The van der Waals surface area contributed by atoms with Crippen molar-refractivity contribution < 1.29 is 4.79 Å². The Morgan fingerprint density at radius 2 is 1.73 bits per heavy atom. The van der Waals surface area contributed by atoms with Gasteiger partial charge in [-0.2, -0.15) is 0 Å². The predicted molar refractivity (Wildman–Crippen MR) is 143 cm³/mol. The van der Waals surface area contributed by atoms with Crippen LogP contribution in [0.4, 0.5) is 21.9 Å². The van der Waals surface area contributed by atoms with Crippen molar-refractivity contribution in [3.8, 4) is 0 Å². The lowest BCUT2D eigenvalue weighted by Crippen LogP contribution is -2.45. The van der Waals surface area contributed by atoms with Gasteiger partial charge in [0, 0.05) is 27.6 Å². The molecule has 0 aromatic heterocycles. The Hall–Kier alpha value is -2.89. The molecule has 3 aromatic carbocycles. The van der Waals surface area contributed by atoms with Gasteiger partial charge in [0.2, 0.25) is 0 Å². The van der Waals surface area contributed by atoms with Crippen LogP contribution in [0.5, 0.6) is 0 Å². The standard InChI is InChI=1S/C28H30BrN3O/c1-19(2)18-32(4)15-14-24(21-8-6-5-7-9-21)25-16-22(29)17-26(27(25)32)31-28(33)30-23-12-10-20(3)11-13-23/h5-17,19,24H,18H2,1-4H3,(H-,30,31,33)/p+1. The zero-order valence-electron chi connectivity index (χ0n) is 19.6. The van der Waals surface area contributed by atoms with Crippen molar-refractivity contribution >= 4 is 39.0 Å². The third-order valence-electron chi connectivity index (χ3n) is 6.02. The van der Waals surface area contributed by atoms with Crippen LogP contribution < -0.4 is 15.1 Å². The number of urea groups is 1. The molecular weight excluding hydrogens is 474 g/mol. The lowest BCUT2D eigenvalue weighted by molar-refractivity contribution is 0.262. The zero-order chi connectivity index (χ0) is 23.6. The molecule has 4 nitrogen and oxygen atoms in total. The van der Waals surface area contributed by atoms with Gasteiger partial charge < -0.3 is 10.6 Å². The highest BCUT2D eigenvalue weighted by atomic mass is 79.9. The molecule has 1 aliphatic heterocycles. The number of quaternary nitrogens is 1. The molecule has 3 aromatic rings. The Morgan fingerprint density at radius 1 is 1.03 bits per heavy atom. The molecule has 2 amide bonds. The molecule has 1 aliphatic rings. The SMILES string of the molecule is Cc1ccc(NC(=O)Nc2cc(Br)cc3c2[N+](C)(CC(C)C)C=CC3c2ccccc2)cc1. The number of benzene rings is 3. The first-order chi connectivity index (χ1) is 15.7. The number of halogens is 1. The Labute approximate surface area is 205 Å². The molecule has 33 heavy (non-hydrogen) atoms. The Kier molecular flexibility index (Phi) is 6.73. The lowest BCUT2D eigenvalue weighted by Gasteiger charge is -2.39. The zero-order valence-corrected chi connectivity index (χ0v) is 21.2. The summed E-state index contributed by atoms with van der Waals surface area (Å²) in [6.45, 7) is 7.43. The second-order valence-electron chi connectivity index (χ2n) is 9.41. The molecule has 2 N–H and O–H groups in total. The van der Waals surface area contributed by atoms with Crippen LogP contribution >= 0.6 is 15.9 Å². The van der Waals surface area contributed by atoms with Gasteiger partial charge in [-0.15, -0.1) is 0 Å². The summed E-state index contributed by atoms with van der Waals surface area (Å²) in [5, 5.41) is 6.11. The van der Waals surface area contributed by atoms with Crippen LogP contribution in [0, 0.1) is 12.8 Å². The van der Waals surface area contributed by atoms with E-state index in [4.69, 9.17) is 0 Å². The molecule has 0 aliphatic carbocycles. The van der Waals surface area contributed by atoms with E-state index < -0.39 is 0 Å². The molecule has 5 heteroatoms. The van der Waals surface area contributed by atoms with Crippen molar-refractivity contribution in [1.82, 2.24) is 4.48 Å². The van der Waals surface area contributed by atoms with Gasteiger partial charge in [-0.1, -0.05) is 77.8 Å². The van der Waals surface area contributed by atoms with E-state index >= 15 is 0 Å². The number of hydrogen-bond donors (Lipinski definition) is 2. The maximum absolute atomic E-state index is 13.0. The molecule has 0 radical (unpaired) electrons. The average molecular weight is 505 g/mol. The minimum atomic E-state index is -0.249. The van der Waals surface area contributed by atoms with Crippen LogP contribution in [-0.2, 0) is 0 Å². The average Bonchev–Trinajstić information content (AvgIpc) is 2.75. The molecule has 1 heterocycles. The monoisotopic (exact) mass is 504 g/mol. The second kappa shape index (κ2) is 9.54. The van der Waals surface area contributed by atoms with E-state index in [1.165, 1.54) is 11.1 Å². The molecule has 170 valence electrons. The number of allylic oxidation sites excluding steroid dienone is 1. The van der Waals surface area contributed by atoms with Crippen LogP contribution in [0.15, 0.2) is 83.5 Å². The first-order valence-electron chi connectivity index (χ1n) is 11.3. The number of anilines is 2. The summed E-state index contributed by atoms with van der Waals surface area (Å²) < 4.78 is 1.57. The maximum atomic E-state index is 13.0. The number of hydrogen-bond acceptors (Lipinski definition) is 1. The summed E-state index contributed by atoms with van der Waals surface area (Å²) in [5.74, 6) is 0.608. The molecule has 0 fully saturated rings. The van der Waals surface area contributed by atoms with E-state index in [0.717, 1.165) is 33.6 Å². The fourth-order valence-corrected chi connectivity index (χ4v) is 5.24. The highest BCUT2D eigenvalue weighted by Gasteiger charge is 2.37. The quantitative estimate of drug-likeness (QED) is 0.344. The second-order valence-corrected chi connectivity index (χ2v) is 10.3. The molecule has 2 unspecified atom stereocenters. The van der Waals surface area contributed by atoms with Crippen molar-refractivity contribution in [2.45, 2.75) is 26.7 Å². The van der Waals surface area contributed by atoms with Crippen LogP contribution in [0.2, 0.25) is 0 Å². The topological polar surface area (TPSA) is 41.1 Å². The minimum absolute atomic E-state index is 0.123. The van der Waals surface area contributed by atoms with Crippen LogP contribution in [-0.4, -0.2) is 19.6 Å². The summed E-state index contributed by atoms with van der Waals surface area (Å²) >= 11 is 3.69. The Morgan fingerprint density at radius 3 is 2.39 bits per heavy atom. The Bertz CT molecular complexity index is 1170. The van der Waals surface area contributed by atoms with E-state index in [0.29, 0.717) is 10.4 Å². The van der Waals surface area contributed by atoms with Gasteiger partial charge in [0.1, 0.15) is 5.69 Å². The number of fused-ring (bicyclic) bond motifs is 1. The number of aryl methyl sites for hydroxylation is 1. The summed E-state index contributed by atoms with van der Waals surface area (Å²) in [6.07, 6.45) is 4.57. The fourth-order valence-electron chi connectivity index (χ4n) is 4.76. The number of carbonyl (C=O) groups is 1. The molecule has 0 saturated carbocycles. The summed E-state index contributed by atoms with van der Waals surface area (Å²) in [5.41, 5.74) is 6.30. The maximum Gasteiger partial charge on any atom is 0.323 e. The fraction of sp³-hybridized carbons (Fsp3) is 0.250. The lowest BCUT2D eigenvalue weighted by atomic mass is 9.86. The van der Waals surface area contributed by atoms with Crippen LogP contribution in [0.25, 0.3) is 0 Å². The van der Waals surface area contributed by atoms with Crippen molar-refractivity contribution in [1.29, 1.82) is 0 Å². The van der Waals surface area contributed by atoms with E-state index in [1.54, 1.807) is 0 Å². The van der Waals surface area contributed by atoms with Gasteiger partial charge in [0.15, 0.2) is 5.69 Å². The minimum Gasteiger partial charge on any atom is -0.308 e. The van der Waals surface area contributed by atoms with Gasteiger partial charge in [0.25, 0.3) is 0 Å². The van der Waals surface area contributed by atoms with Gasteiger partial charge in [-0.3, -0.25) is 4.48 Å².